The summed E-state index contributed by atoms with van der Waals surface area (Å²) in [6, 6.07) is 6.84. The highest BCUT2D eigenvalue weighted by Crippen LogP contribution is 2.31. The molecule has 1 N–H and O–H groups in total. The monoisotopic (exact) mass is 348 g/mol. The Morgan fingerprint density at radius 3 is 2.48 bits per heavy atom. The zero-order valence-corrected chi connectivity index (χ0v) is 13.2. The van der Waals surface area contributed by atoms with Gasteiger partial charge in [0.1, 0.15) is 11.3 Å². The largest absolute Gasteiger partial charge is 0.416 e. The molecule has 0 radical (unpaired) electrons. The van der Waals surface area contributed by atoms with E-state index in [1.54, 1.807) is 6.20 Å². The van der Waals surface area contributed by atoms with Crippen LogP contribution in [0.2, 0.25) is 0 Å². The molecule has 1 aliphatic heterocycles. The lowest BCUT2D eigenvalue weighted by molar-refractivity contribution is -0.137. The van der Waals surface area contributed by atoms with Crippen LogP contribution in [-0.2, 0) is 10.9 Å². The number of fused-ring (bicyclic) bond motifs is 1. The third-order valence-electron chi connectivity index (χ3n) is 4.18. The van der Waals surface area contributed by atoms with E-state index >= 15 is 0 Å². The van der Waals surface area contributed by atoms with Gasteiger partial charge in [-0.3, -0.25) is 0 Å². The molecule has 1 saturated heterocycles. The summed E-state index contributed by atoms with van der Waals surface area (Å²) < 4.78 is 43.3. The minimum atomic E-state index is -4.35. The van der Waals surface area contributed by atoms with E-state index in [1.807, 2.05) is 6.07 Å². The van der Waals surface area contributed by atoms with E-state index in [0.717, 1.165) is 30.9 Å². The van der Waals surface area contributed by atoms with Crippen LogP contribution in [0.15, 0.2) is 36.5 Å². The molecule has 0 saturated carbocycles. The maximum absolute atomic E-state index is 12.7. The number of alkyl halides is 3. The van der Waals surface area contributed by atoms with E-state index in [0.29, 0.717) is 35.8 Å². The molecular formula is C17H15F3N4O. The number of benzene rings is 1. The molecule has 4 rings (SSSR count). The molecule has 0 spiro atoms. The average molecular weight is 348 g/mol. The van der Waals surface area contributed by atoms with Gasteiger partial charge in [0.15, 0.2) is 5.65 Å². The minimum Gasteiger partial charge on any atom is -0.378 e. The van der Waals surface area contributed by atoms with E-state index in [4.69, 9.17) is 4.74 Å². The molecule has 0 atom stereocenters. The molecule has 1 aromatic carbocycles. The predicted molar refractivity (Wildman–Crippen MR) is 87.4 cm³/mol. The van der Waals surface area contributed by atoms with Crippen LogP contribution in [0.1, 0.15) is 5.56 Å². The number of rotatable bonds is 2. The van der Waals surface area contributed by atoms with Gasteiger partial charge >= 0.3 is 6.18 Å². The number of nitrogens with zero attached hydrogens (tertiary/aromatic N) is 3. The molecule has 0 amide bonds. The lowest BCUT2D eigenvalue weighted by Gasteiger charge is -2.28. The van der Waals surface area contributed by atoms with Gasteiger partial charge < -0.3 is 14.6 Å². The number of imidazole rings is 1. The van der Waals surface area contributed by atoms with E-state index in [-0.39, 0.29) is 0 Å². The number of morpholine rings is 1. The molecule has 3 heterocycles. The predicted octanol–water partition coefficient (Wildman–Crippen LogP) is 3.48. The standard InChI is InChI=1S/C17H15F3N4O/c18-17(19,20)12-3-1-11(2-4-12)15-22-14-9-13(10-21-16(14)23-15)24-5-7-25-8-6-24/h1-4,9-10H,5-8H2,(H,21,22,23). The summed E-state index contributed by atoms with van der Waals surface area (Å²) in [6.07, 6.45) is -2.58. The van der Waals surface area contributed by atoms with Crippen LogP contribution in [-0.4, -0.2) is 41.3 Å². The van der Waals surface area contributed by atoms with Crippen LogP contribution < -0.4 is 4.90 Å². The third-order valence-corrected chi connectivity index (χ3v) is 4.18. The van der Waals surface area contributed by atoms with Crippen molar-refractivity contribution in [2.75, 3.05) is 31.2 Å². The fourth-order valence-corrected chi connectivity index (χ4v) is 2.83. The van der Waals surface area contributed by atoms with E-state index in [9.17, 15) is 13.2 Å². The number of pyridine rings is 1. The maximum atomic E-state index is 12.7. The van der Waals surface area contributed by atoms with Gasteiger partial charge in [-0.1, -0.05) is 12.1 Å². The number of nitrogens with one attached hydrogen (secondary N) is 1. The first-order chi connectivity index (χ1) is 12.0. The van der Waals surface area contributed by atoms with Gasteiger partial charge in [-0.05, 0) is 18.2 Å². The Kier molecular flexibility index (Phi) is 3.84. The number of anilines is 1. The zero-order valence-electron chi connectivity index (χ0n) is 13.2. The first-order valence-electron chi connectivity index (χ1n) is 7.87. The Morgan fingerprint density at radius 1 is 1.08 bits per heavy atom. The molecule has 3 aromatic rings. The topological polar surface area (TPSA) is 54.0 Å². The van der Waals surface area contributed by atoms with Gasteiger partial charge in [0, 0.05) is 18.7 Å². The van der Waals surface area contributed by atoms with E-state index in [2.05, 4.69) is 19.9 Å². The highest BCUT2D eigenvalue weighted by molar-refractivity contribution is 5.79. The molecule has 1 fully saturated rings. The van der Waals surface area contributed by atoms with Crippen molar-refractivity contribution < 1.29 is 17.9 Å². The number of halogens is 3. The second-order valence-electron chi connectivity index (χ2n) is 5.82. The molecule has 2 aromatic heterocycles. The number of aromatic amines is 1. The van der Waals surface area contributed by atoms with Crippen LogP contribution in [0.25, 0.3) is 22.6 Å². The molecule has 25 heavy (non-hydrogen) atoms. The quantitative estimate of drug-likeness (QED) is 0.770. The molecule has 0 bridgehead atoms. The number of ether oxygens (including phenoxy) is 1. The molecule has 130 valence electrons. The molecular weight excluding hydrogens is 333 g/mol. The Bertz CT molecular complexity index is 883. The summed E-state index contributed by atoms with van der Waals surface area (Å²) in [7, 11) is 0. The molecule has 5 nitrogen and oxygen atoms in total. The maximum Gasteiger partial charge on any atom is 0.416 e. The normalized spacial score (nSPS) is 15.7. The van der Waals surface area contributed by atoms with Crippen LogP contribution in [0.5, 0.6) is 0 Å². The van der Waals surface area contributed by atoms with Crippen LogP contribution in [0.4, 0.5) is 18.9 Å². The lowest BCUT2D eigenvalue weighted by Crippen LogP contribution is -2.36. The van der Waals surface area contributed by atoms with Gasteiger partial charge in [0.05, 0.1) is 30.7 Å². The average Bonchev–Trinajstić information content (AvgIpc) is 3.05. The van der Waals surface area contributed by atoms with Gasteiger partial charge in [0.2, 0.25) is 0 Å². The van der Waals surface area contributed by atoms with Crippen molar-refractivity contribution in [2.45, 2.75) is 6.18 Å². The first kappa shape index (κ1) is 15.9. The fraction of sp³-hybridized carbons (Fsp3) is 0.294. The van der Waals surface area contributed by atoms with Crippen molar-refractivity contribution in [3.63, 3.8) is 0 Å². The number of H-pyrrole nitrogens is 1. The Labute approximate surface area is 141 Å². The number of aromatic nitrogens is 3. The second kappa shape index (κ2) is 6.03. The van der Waals surface area contributed by atoms with Gasteiger partial charge in [0.25, 0.3) is 0 Å². The Balaban J connectivity index is 1.64. The van der Waals surface area contributed by atoms with Crippen molar-refractivity contribution in [1.82, 2.24) is 15.0 Å². The lowest BCUT2D eigenvalue weighted by atomic mass is 10.1. The highest BCUT2D eigenvalue weighted by Gasteiger charge is 2.30. The van der Waals surface area contributed by atoms with Crippen LogP contribution >= 0.6 is 0 Å². The Hall–Kier alpha value is -2.61. The van der Waals surface area contributed by atoms with Gasteiger partial charge in [-0.25, -0.2) is 9.97 Å². The summed E-state index contributed by atoms with van der Waals surface area (Å²) in [5, 5.41) is 0. The second-order valence-corrected chi connectivity index (χ2v) is 5.82. The first-order valence-corrected chi connectivity index (χ1v) is 7.87. The van der Waals surface area contributed by atoms with Crippen molar-refractivity contribution >= 4 is 16.9 Å². The summed E-state index contributed by atoms with van der Waals surface area (Å²) >= 11 is 0. The summed E-state index contributed by atoms with van der Waals surface area (Å²) in [4.78, 5) is 14.1. The fourth-order valence-electron chi connectivity index (χ4n) is 2.83. The van der Waals surface area contributed by atoms with Crippen molar-refractivity contribution in [3.05, 3.63) is 42.1 Å². The summed E-state index contributed by atoms with van der Waals surface area (Å²) in [6.45, 7) is 2.94. The number of hydrogen-bond donors (Lipinski definition) is 1. The molecule has 0 unspecified atom stereocenters. The van der Waals surface area contributed by atoms with E-state index in [1.165, 1.54) is 12.1 Å². The van der Waals surface area contributed by atoms with Crippen LogP contribution in [0.3, 0.4) is 0 Å². The highest BCUT2D eigenvalue weighted by atomic mass is 19.4. The Morgan fingerprint density at radius 2 is 1.80 bits per heavy atom. The summed E-state index contributed by atoms with van der Waals surface area (Å²) in [5.41, 5.74) is 2.14. The van der Waals surface area contributed by atoms with Crippen LogP contribution in [0, 0.1) is 0 Å². The summed E-state index contributed by atoms with van der Waals surface area (Å²) in [5.74, 6) is 0.496. The SMILES string of the molecule is FC(F)(F)c1ccc(-c2nc3cc(N4CCOCC4)cnc3[nH]2)cc1. The smallest absolute Gasteiger partial charge is 0.378 e. The van der Waals surface area contributed by atoms with Gasteiger partial charge in [-0.2, -0.15) is 13.2 Å². The molecule has 1 aliphatic rings. The van der Waals surface area contributed by atoms with Crippen molar-refractivity contribution in [2.24, 2.45) is 0 Å². The molecule has 8 heteroatoms. The third kappa shape index (κ3) is 3.17. The van der Waals surface area contributed by atoms with Gasteiger partial charge in [-0.15, -0.1) is 0 Å². The molecule has 0 aliphatic carbocycles. The number of hydrogen-bond acceptors (Lipinski definition) is 4. The van der Waals surface area contributed by atoms with Crippen molar-refractivity contribution in [3.8, 4) is 11.4 Å². The minimum absolute atomic E-state index is 0.496. The van der Waals surface area contributed by atoms with Crippen molar-refractivity contribution in [1.29, 1.82) is 0 Å². The van der Waals surface area contributed by atoms with E-state index < -0.39 is 11.7 Å². The zero-order chi connectivity index (χ0) is 17.4.